The maximum atomic E-state index is 12.8. The summed E-state index contributed by atoms with van der Waals surface area (Å²) < 4.78 is 12.8. The zero-order valence-corrected chi connectivity index (χ0v) is 10.9. The molecule has 1 heterocycles. The SMILES string of the molecule is O=C(Nc1ccc(F)cc1)c1cc2ccccc2c(=O)[nH]1. The molecule has 4 nitrogen and oxygen atoms in total. The third kappa shape index (κ3) is 2.67. The number of carbonyl (C=O) groups is 1. The first-order valence-corrected chi connectivity index (χ1v) is 6.32. The predicted molar refractivity (Wildman–Crippen MR) is 78.9 cm³/mol. The minimum atomic E-state index is -0.454. The number of amides is 1. The fraction of sp³-hybridized carbons (Fsp3) is 0. The van der Waals surface area contributed by atoms with E-state index in [0.29, 0.717) is 16.5 Å². The molecule has 1 aromatic heterocycles. The highest BCUT2D eigenvalue weighted by Gasteiger charge is 2.09. The molecule has 0 spiro atoms. The Labute approximate surface area is 119 Å². The van der Waals surface area contributed by atoms with E-state index >= 15 is 0 Å². The van der Waals surface area contributed by atoms with Gasteiger partial charge in [0, 0.05) is 11.1 Å². The van der Waals surface area contributed by atoms with Gasteiger partial charge in [0.05, 0.1) is 0 Å². The quantitative estimate of drug-likeness (QED) is 0.759. The molecule has 0 bridgehead atoms. The molecule has 0 atom stereocenters. The summed E-state index contributed by atoms with van der Waals surface area (Å²) >= 11 is 0. The van der Waals surface area contributed by atoms with Crippen LogP contribution in [0.2, 0.25) is 0 Å². The number of nitrogens with one attached hydrogen (secondary N) is 2. The number of benzene rings is 2. The Balaban J connectivity index is 1.94. The van der Waals surface area contributed by atoms with Gasteiger partial charge in [-0.15, -0.1) is 0 Å². The fourth-order valence-corrected chi connectivity index (χ4v) is 2.06. The van der Waals surface area contributed by atoms with Crippen LogP contribution < -0.4 is 10.9 Å². The Morgan fingerprint density at radius 1 is 1.05 bits per heavy atom. The van der Waals surface area contributed by atoms with E-state index in [2.05, 4.69) is 10.3 Å². The topological polar surface area (TPSA) is 62.0 Å². The first kappa shape index (κ1) is 13.1. The first-order chi connectivity index (χ1) is 10.1. The van der Waals surface area contributed by atoms with Crippen molar-refractivity contribution in [2.24, 2.45) is 0 Å². The van der Waals surface area contributed by atoms with Gasteiger partial charge in [-0.2, -0.15) is 0 Å². The zero-order valence-electron chi connectivity index (χ0n) is 10.9. The van der Waals surface area contributed by atoms with Crippen LogP contribution in [0.4, 0.5) is 10.1 Å². The highest BCUT2D eigenvalue weighted by atomic mass is 19.1. The van der Waals surface area contributed by atoms with E-state index in [1.165, 1.54) is 24.3 Å². The van der Waals surface area contributed by atoms with E-state index in [-0.39, 0.29) is 17.1 Å². The summed E-state index contributed by atoms with van der Waals surface area (Å²) in [6.07, 6.45) is 0. The molecule has 0 aliphatic heterocycles. The van der Waals surface area contributed by atoms with Gasteiger partial charge in [0.2, 0.25) is 0 Å². The molecule has 3 rings (SSSR count). The summed E-state index contributed by atoms with van der Waals surface area (Å²) in [6.45, 7) is 0. The van der Waals surface area contributed by atoms with E-state index in [1.807, 2.05) is 0 Å². The molecule has 0 fully saturated rings. The Morgan fingerprint density at radius 2 is 1.76 bits per heavy atom. The van der Waals surface area contributed by atoms with E-state index in [0.717, 1.165) is 0 Å². The molecule has 2 aromatic carbocycles. The summed E-state index contributed by atoms with van der Waals surface area (Å²) in [6, 6.07) is 14.0. The second kappa shape index (κ2) is 5.20. The van der Waals surface area contributed by atoms with Crippen LogP contribution in [0.25, 0.3) is 10.8 Å². The van der Waals surface area contributed by atoms with Crippen LogP contribution in [-0.2, 0) is 0 Å². The summed E-state index contributed by atoms with van der Waals surface area (Å²) in [7, 11) is 0. The lowest BCUT2D eigenvalue weighted by molar-refractivity contribution is 0.102. The van der Waals surface area contributed by atoms with Gasteiger partial charge in [0.1, 0.15) is 11.5 Å². The molecule has 21 heavy (non-hydrogen) atoms. The molecule has 104 valence electrons. The average Bonchev–Trinajstić information content (AvgIpc) is 2.49. The minimum Gasteiger partial charge on any atom is -0.321 e. The lowest BCUT2D eigenvalue weighted by atomic mass is 10.1. The van der Waals surface area contributed by atoms with Crippen molar-refractivity contribution >= 4 is 22.4 Å². The number of aromatic nitrogens is 1. The van der Waals surface area contributed by atoms with Crippen molar-refractivity contribution in [1.82, 2.24) is 4.98 Å². The molecule has 5 heteroatoms. The van der Waals surface area contributed by atoms with Gasteiger partial charge in [-0.3, -0.25) is 9.59 Å². The molecule has 3 aromatic rings. The maximum Gasteiger partial charge on any atom is 0.272 e. The van der Waals surface area contributed by atoms with Crippen molar-refractivity contribution in [2.75, 3.05) is 5.32 Å². The number of H-pyrrole nitrogens is 1. The summed E-state index contributed by atoms with van der Waals surface area (Å²) in [5.41, 5.74) is 0.288. The standard InChI is InChI=1S/C16H11FN2O2/c17-11-5-7-12(8-6-11)18-16(21)14-9-10-3-1-2-4-13(10)15(20)19-14/h1-9H,(H,18,21)(H,19,20). The van der Waals surface area contributed by atoms with Crippen LogP contribution in [0.1, 0.15) is 10.5 Å². The Bertz CT molecular complexity index is 869. The lowest BCUT2D eigenvalue weighted by Gasteiger charge is -2.06. The van der Waals surface area contributed by atoms with Gasteiger partial charge in [-0.05, 0) is 41.8 Å². The van der Waals surface area contributed by atoms with Gasteiger partial charge < -0.3 is 10.3 Å². The van der Waals surface area contributed by atoms with E-state index < -0.39 is 5.91 Å². The van der Waals surface area contributed by atoms with Crippen LogP contribution >= 0.6 is 0 Å². The number of pyridine rings is 1. The number of aromatic amines is 1. The second-order valence-electron chi connectivity index (χ2n) is 4.56. The van der Waals surface area contributed by atoms with Gasteiger partial charge in [0.25, 0.3) is 11.5 Å². The highest BCUT2D eigenvalue weighted by Crippen LogP contribution is 2.12. The summed E-state index contributed by atoms with van der Waals surface area (Å²) in [5.74, 6) is -0.837. The Morgan fingerprint density at radius 3 is 2.52 bits per heavy atom. The smallest absolute Gasteiger partial charge is 0.272 e. The van der Waals surface area contributed by atoms with E-state index in [1.54, 1.807) is 30.3 Å². The molecular formula is C16H11FN2O2. The number of anilines is 1. The number of carbonyl (C=O) groups excluding carboxylic acids is 1. The van der Waals surface area contributed by atoms with E-state index in [4.69, 9.17) is 0 Å². The van der Waals surface area contributed by atoms with Crippen molar-refractivity contribution < 1.29 is 9.18 Å². The number of hydrogen-bond acceptors (Lipinski definition) is 2. The number of fused-ring (bicyclic) bond motifs is 1. The van der Waals surface area contributed by atoms with Gasteiger partial charge in [-0.1, -0.05) is 18.2 Å². The van der Waals surface area contributed by atoms with Crippen LogP contribution in [0, 0.1) is 5.82 Å². The van der Waals surface area contributed by atoms with Gasteiger partial charge >= 0.3 is 0 Å². The van der Waals surface area contributed by atoms with Crippen molar-refractivity contribution in [1.29, 1.82) is 0 Å². The van der Waals surface area contributed by atoms with Crippen LogP contribution in [-0.4, -0.2) is 10.9 Å². The molecule has 0 unspecified atom stereocenters. The van der Waals surface area contributed by atoms with Crippen molar-refractivity contribution in [2.45, 2.75) is 0 Å². The molecule has 2 N–H and O–H groups in total. The monoisotopic (exact) mass is 282 g/mol. The lowest BCUT2D eigenvalue weighted by Crippen LogP contribution is -2.18. The second-order valence-corrected chi connectivity index (χ2v) is 4.56. The number of rotatable bonds is 2. The Kier molecular flexibility index (Phi) is 3.23. The minimum absolute atomic E-state index is 0.156. The Hall–Kier alpha value is -2.95. The number of halogens is 1. The summed E-state index contributed by atoms with van der Waals surface area (Å²) in [5, 5.41) is 3.81. The summed E-state index contributed by atoms with van der Waals surface area (Å²) in [4.78, 5) is 26.6. The van der Waals surface area contributed by atoms with Gasteiger partial charge in [-0.25, -0.2) is 4.39 Å². The molecule has 0 saturated carbocycles. The molecule has 0 aliphatic rings. The van der Waals surface area contributed by atoms with Crippen LogP contribution in [0.15, 0.2) is 59.4 Å². The largest absolute Gasteiger partial charge is 0.321 e. The van der Waals surface area contributed by atoms with Crippen LogP contribution in [0.3, 0.4) is 0 Å². The van der Waals surface area contributed by atoms with Crippen LogP contribution in [0.5, 0.6) is 0 Å². The van der Waals surface area contributed by atoms with Crippen molar-refractivity contribution in [3.63, 3.8) is 0 Å². The predicted octanol–water partition coefficient (Wildman–Crippen LogP) is 2.92. The normalized spacial score (nSPS) is 10.5. The van der Waals surface area contributed by atoms with E-state index in [9.17, 15) is 14.0 Å². The highest BCUT2D eigenvalue weighted by molar-refractivity contribution is 6.04. The number of hydrogen-bond donors (Lipinski definition) is 2. The van der Waals surface area contributed by atoms with Crippen molar-refractivity contribution in [3.8, 4) is 0 Å². The third-order valence-electron chi connectivity index (χ3n) is 3.10. The van der Waals surface area contributed by atoms with Crippen molar-refractivity contribution in [3.05, 3.63) is 76.5 Å². The molecule has 1 amide bonds. The zero-order chi connectivity index (χ0) is 14.8. The average molecular weight is 282 g/mol. The fourth-order valence-electron chi connectivity index (χ4n) is 2.06. The molecule has 0 radical (unpaired) electrons. The maximum absolute atomic E-state index is 12.8. The first-order valence-electron chi connectivity index (χ1n) is 6.32. The molecule has 0 aliphatic carbocycles. The molecule has 0 saturated heterocycles. The third-order valence-corrected chi connectivity index (χ3v) is 3.10. The van der Waals surface area contributed by atoms with Gasteiger partial charge in [0.15, 0.2) is 0 Å². The molecular weight excluding hydrogens is 271 g/mol.